The summed E-state index contributed by atoms with van der Waals surface area (Å²) in [4.78, 5) is 18.6. The van der Waals surface area contributed by atoms with Crippen molar-refractivity contribution in [2.75, 3.05) is 31.5 Å². The number of carbonyl (C=O) groups excluding carboxylic acids is 1. The molecule has 1 atom stereocenters. The van der Waals surface area contributed by atoms with Crippen molar-refractivity contribution in [2.24, 2.45) is 0 Å². The van der Waals surface area contributed by atoms with Crippen LogP contribution in [0.15, 0.2) is 5.38 Å². The van der Waals surface area contributed by atoms with E-state index in [4.69, 9.17) is 0 Å². The van der Waals surface area contributed by atoms with E-state index in [1.807, 2.05) is 12.3 Å². The van der Waals surface area contributed by atoms with Gasteiger partial charge in [-0.1, -0.05) is 6.92 Å². The predicted octanol–water partition coefficient (Wildman–Crippen LogP) is 1.46. The molecule has 19 heavy (non-hydrogen) atoms. The molecule has 2 rings (SSSR count). The number of aromatic nitrogens is 1. The van der Waals surface area contributed by atoms with Gasteiger partial charge in [-0.2, -0.15) is 0 Å². The maximum Gasteiger partial charge on any atom is 0.240 e. The maximum atomic E-state index is 12.1. The molecule has 106 valence electrons. The maximum absolute atomic E-state index is 12.1. The molecule has 1 aromatic heterocycles. The molecule has 0 spiro atoms. The van der Waals surface area contributed by atoms with Gasteiger partial charge in [0.1, 0.15) is 0 Å². The number of thiazole rings is 1. The number of hydrogen-bond donors (Lipinski definition) is 2. The van der Waals surface area contributed by atoms with Crippen molar-refractivity contribution < 1.29 is 4.79 Å². The number of nitrogens with one attached hydrogen (secondary N) is 2. The van der Waals surface area contributed by atoms with Crippen LogP contribution >= 0.6 is 11.3 Å². The van der Waals surface area contributed by atoms with Gasteiger partial charge in [0.25, 0.3) is 0 Å². The van der Waals surface area contributed by atoms with Gasteiger partial charge in [-0.05, 0) is 32.9 Å². The molecule has 1 aromatic rings. The summed E-state index contributed by atoms with van der Waals surface area (Å²) in [6, 6.07) is 0.490. The lowest BCUT2D eigenvalue weighted by molar-refractivity contribution is -0.117. The standard InChI is InChI=1S/C13H22N4OS/c1-3-6-17(11-4-5-14-7-11)8-12(18)16-13-15-10(2)9-19-13/h9,11,14H,3-8H2,1-2H3,(H,15,16,18). The van der Waals surface area contributed by atoms with E-state index in [1.54, 1.807) is 0 Å². The normalized spacial score (nSPS) is 19.0. The summed E-state index contributed by atoms with van der Waals surface area (Å²) in [5, 5.41) is 8.88. The Morgan fingerprint density at radius 2 is 2.53 bits per heavy atom. The molecule has 1 fully saturated rings. The molecule has 5 nitrogen and oxygen atoms in total. The molecule has 0 aliphatic carbocycles. The third kappa shape index (κ3) is 4.26. The summed E-state index contributed by atoms with van der Waals surface area (Å²) in [6.07, 6.45) is 2.20. The molecule has 1 aliphatic rings. The van der Waals surface area contributed by atoms with Crippen molar-refractivity contribution in [3.63, 3.8) is 0 Å². The molecular weight excluding hydrogens is 260 g/mol. The smallest absolute Gasteiger partial charge is 0.240 e. The lowest BCUT2D eigenvalue weighted by atomic mass is 10.2. The molecular formula is C13H22N4OS. The highest BCUT2D eigenvalue weighted by molar-refractivity contribution is 7.13. The Balaban J connectivity index is 1.87. The zero-order valence-electron chi connectivity index (χ0n) is 11.6. The summed E-state index contributed by atoms with van der Waals surface area (Å²) >= 11 is 1.48. The molecule has 0 radical (unpaired) electrons. The topological polar surface area (TPSA) is 57.3 Å². The number of aryl methyl sites for hydroxylation is 1. The van der Waals surface area contributed by atoms with Crippen LogP contribution in [0.3, 0.4) is 0 Å². The lowest BCUT2D eigenvalue weighted by Crippen LogP contribution is -2.42. The van der Waals surface area contributed by atoms with Crippen molar-refractivity contribution in [2.45, 2.75) is 32.7 Å². The van der Waals surface area contributed by atoms with E-state index in [0.29, 0.717) is 17.7 Å². The highest BCUT2D eigenvalue weighted by Gasteiger charge is 2.23. The fraction of sp³-hybridized carbons (Fsp3) is 0.692. The first-order valence-corrected chi connectivity index (χ1v) is 7.73. The van der Waals surface area contributed by atoms with E-state index in [1.165, 1.54) is 11.3 Å². The number of hydrogen-bond acceptors (Lipinski definition) is 5. The zero-order chi connectivity index (χ0) is 13.7. The SMILES string of the molecule is CCCN(CC(=O)Nc1nc(C)cs1)C1CCNC1. The minimum Gasteiger partial charge on any atom is -0.315 e. The first-order chi connectivity index (χ1) is 9.19. The molecule has 1 aliphatic heterocycles. The minimum atomic E-state index is 0.0368. The molecule has 2 heterocycles. The van der Waals surface area contributed by atoms with Crippen molar-refractivity contribution in [3.8, 4) is 0 Å². The lowest BCUT2D eigenvalue weighted by Gasteiger charge is -2.26. The fourth-order valence-electron chi connectivity index (χ4n) is 2.38. The predicted molar refractivity (Wildman–Crippen MR) is 78.6 cm³/mol. The van der Waals surface area contributed by atoms with Gasteiger partial charge in [0.15, 0.2) is 5.13 Å². The van der Waals surface area contributed by atoms with E-state index in [-0.39, 0.29) is 5.91 Å². The van der Waals surface area contributed by atoms with Crippen LogP contribution in [0.25, 0.3) is 0 Å². The van der Waals surface area contributed by atoms with Gasteiger partial charge in [-0.15, -0.1) is 11.3 Å². The molecule has 1 unspecified atom stereocenters. The molecule has 0 bridgehead atoms. The second-order valence-corrected chi connectivity index (χ2v) is 5.82. The summed E-state index contributed by atoms with van der Waals surface area (Å²) in [5.41, 5.74) is 0.950. The van der Waals surface area contributed by atoms with Crippen LogP contribution in [0, 0.1) is 6.92 Å². The second kappa shape index (κ2) is 6.98. The third-order valence-corrected chi connectivity index (χ3v) is 4.15. The van der Waals surface area contributed by atoms with Crippen LogP contribution in [0.2, 0.25) is 0 Å². The third-order valence-electron chi connectivity index (χ3n) is 3.27. The van der Waals surface area contributed by atoms with Crippen molar-refractivity contribution in [1.29, 1.82) is 0 Å². The van der Waals surface area contributed by atoms with Crippen molar-refractivity contribution in [1.82, 2.24) is 15.2 Å². The Morgan fingerprint density at radius 3 is 3.11 bits per heavy atom. The van der Waals surface area contributed by atoms with Gasteiger partial charge in [-0.3, -0.25) is 9.69 Å². The zero-order valence-corrected chi connectivity index (χ0v) is 12.4. The second-order valence-electron chi connectivity index (χ2n) is 4.96. The van der Waals surface area contributed by atoms with E-state index >= 15 is 0 Å². The summed E-state index contributed by atoms with van der Waals surface area (Å²) in [7, 11) is 0. The Bertz CT molecular complexity index is 415. The molecule has 1 amide bonds. The molecule has 1 saturated heterocycles. The summed E-state index contributed by atoms with van der Waals surface area (Å²) in [5.74, 6) is 0.0368. The van der Waals surface area contributed by atoms with Gasteiger partial charge < -0.3 is 10.6 Å². The van der Waals surface area contributed by atoms with E-state index in [2.05, 4.69) is 27.4 Å². The number of nitrogens with zero attached hydrogens (tertiary/aromatic N) is 2. The monoisotopic (exact) mass is 282 g/mol. The van der Waals surface area contributed by atoms with E-state index in [0.717, 1.165) is 38.2 Å². The Labute approximate surface area is 118 Å². The Hall–Kier alpha value is -0.980. The number of amides is 1. The average Bonchev–Trinajstić information content (AvgIpc) is 3.00. The van der Waals surface area contributed by atoms with Gasteiger partial charge in [-0.25, -0.2) is 4.98 Å². The fourth-order valence-corrected chi connectivity index (χ4v) is 3.09. The first-order valence-electron chi connectivity index (χ1n) is 6.85. The van der Waals surface area contributed by atoms with Crippen molar-refractivity contribution >= 4 is 22.4 Å². The van der Waals surface area contributed by atoms with Gasteiger partial charge >= 0.3 is 0 Å². The molecule has 0 saturated carbocycles. The average molecular weight is 282 g/mol. The quantitative estimate of drug-likeness (QED) is 0.829. The molecule has 0 aromatic carbocycles. The number of anilines is 1. The molecule has 2 N–H and O–H groups in total. The van der Waals surface area contributed by atoms with E-state index in [9.17, 15) is 4.79 Å². The van der Waals surface area contributed by atoms with Crippen LogP contribution in [-0.2, 0) is 4.79 Å². The van der Waals surface area contributed by atoms with Crippen LogP contribution < -0.4 is 10.6 Å². The Kier molecular flexibility index (Phi) is 5.30. The van der Waals surface area contributed by atoms with Gasteiger partial charge in [0, 0.05) is 18.0 Å². The highest BCUT2D eigenvalue weighted by atomic mass is 32.1. The van der Waals surface area contributed by atoms with Gasteiger partial charge in [0.05, 0.1) is 12.2 Å². The van der Waals surface area contributed by atoms with Crippen LogP contribution in [0.4, 0.5) is 5.13 Å². The minimum absolute atomic E-state index is 0.0368. The summed E-state index contributed by atoms with van der Waals surface area (Å²) in [6.45, 7) is 7.55. The Morgan fingerprint density at radius 1 is 1.68 bits per heavy atom. The number of carbonyl (C=O) groups is 1. The van der Waals surface area contributed by atoms with Crippen molar-refractivity contribution in [3.05, 3.63) is 11.1 Å². The first kappa shape index (κ1) is 14.4. The largest absolute Gasteiger partial charge is 0.315 e. The van der Waals surface area contributed by atoms with Gasteiger partial charge in [0.2, 0.25) is 5.91 Å². The highest BCUT2D eigenvalue weighted by Crippen LogP contribution is 2.15. The molecule has 6 heteroatoms. The summed E-state index contributed by atoms with van der Waals surface area (Å²) < 4.78 is 0. The van der Waals surface area contributed by atoms with Crippen LogP contribution in [-0.4, -0.2) is 48.0 Å². The number of rotatable bonds is 6. The van der Waals surface area contributed by atoms with E-state index < -0.39 is 0 Å². The van der Waals surface area contributed by atoms with Crippen LogP contribution in [0.5, 0.6) is 0 Å². The van der Waals surface area contributed by atoms with Crippen LogP contribution in [0.1, 0.15) is 25.5 Å².